The predicted octanol–water partition coefficient (Wildman–Crippen LogP) is 2.17. The summed E-state index contributed by atoms with van der Waals surface area (Å²) >= 11 is 0. The molecule has 0 fully saturated rings. The van der Waals surface area contributed by atoms with Crippen molar-refractivity contribution in [2.75, 3.05) is 0 Å². The minimum absolute atomic E-state index is 0.0337. The van der Waals surface area contributed by atoms with E-state index in [2.05, 4.69) is 20.4 Å². The first-order chi connectivity index (χ1) is 15.2. The second-order valence-electron chi connectivity index (χ2n) is 7.78. The van der Waals surface area contributed by atoms with Gasteiger partial charge in [0, 0.05) is 43.0 Å². The molecule has 0 bridgehead atoms. The summed E-state index contributed by atoms with van der Waals surface area (Å²) in [6, 6.07) is 13.4. The van der Waals surface area contributed by atoms with E-state index in [1.807, 2.05) is 42.5 Å². The molecule has 0 radical (unpaired) electrons. The van der Waals surface area contributed by atoms with Gasteiger partial charge in [-0.25, -0.2) is 9.48 Å². The summed E-state index contributed by atoms with van der Waals surface area (Å²) in [4.78, 5) is 33.9. The normalized spacial score (nSPS) is 15.9. The van der Waals surface area contributed by atoms with E-state index in [0.29, 0.717) is 31.6 Å². The van der Waals surface area contributed by atoms with Crippen LogP contribution in [-0.4, -0.2) is 36.3 Å². The van der Waals surface area contributed by atoms with Gasteiger partial charge in [0.2, 0.25) is 0 Å². The Morgan fingerprint density at radius 1 is 1.10 bits per heavy atom. The Bertz CT molecular complexity index is 1290. The van der Waals surface area contributed by atoms with Gasteiger partial charge in [-0.2, -0.15) is 5.10 Å². The zero-order valence-corrected chi connectivity index (χ0v) is 16.9. The number of hydrogen-bond acceptors (Lipinski definition) is 5. The van der Waals surface area contributed by atoms with Crippen molar-refractivity contribution in [2.45, 2.75) is 38.4 Å². The predicted molar refractivity (Wildman–Crippen MR) is 116 cm³/mol. The molecule has 1 amide bonds. The van der Waals surface area contributed by atoms with E-state index in [-0.39, 0.29) is 17.6 Å². The van der Waals surface area contributed by atoms with Gasteiger partial charge in [-0.3, -0.25) is 19.3 Å². The van der Waals surface area contributed by atoms with Crippen LogP contribution in [0.2, 0.25) is 0 Å². The highest BCUT2D eigenvalue weighted by molar-refractivity contribution is 5.96. The molecule has 0 saturated carbocycles. The Hall–Kier alpha value is -3.81. The number of fused-ring (bicyclic) bond motifs is 2. The van der Waals surface area contributed by atoms with Crippen molar-refractivity contribution >= 4 is 16.7 Å². The van der Waals surface area contributed by atoms with Gasteiger partial charge in [-0.15, -0.1) is 0 Å². The van der Waals surface area contributed by atoms with E-state index in [1.165, 1.54) is 4.68 Å². The maximum absolute atomic E-state index is 12.8. The summed E-state index contributed by atoms with van der Waals surface area (Å²) < 4.78 is 3.21. The minimum atomic E-state index is -0.190. The summed E-state index contributed by atoms with van der Waals surface area (Å²) in [6.45, 7) is 0.928. The van der Waals surface area contributed by atoms with Crippen LogP contribution < -0.4 is 11.0 Å². The van der Waals surface area contributed by atoms with Gasteiger partial charge in [-0.05, 0) is 35.9 Å². The third kappa shape index (κ3) is 3.96. The molecule has 8 nitrogen and oxygen atoms in total. The Labute approximate surface area is 178 Å². The van der Waals surface area contributed by atoms with E-state index in [9.17, 15) is 9.59 Å². The third-order valence-corrected chi connectivity index (χ3v) is 5.67. The molecule has 5 rings (SSSR count). The second kappa shape index (κ2) is 8.14. The van der Waals surface area contributed by atoms with Crippen molar-refractivity contribution in [1.29, 1.82) is 0 Å². The number of carbonyl (C=O) groups is 1. The van der Waals surface area contributed by atoms with Crippen molar-refractivity contribution in [1.82, 2.24) is 29.6 Å². The van der Waals surface area contributed by atoms with Crippen LogP contribution in [0.4, 0.5) is 0 Å². The summed E-state index contributed by atoms with van der Waals surface area (Å²) in [7, 11) is 0. The zero-order valence-electron chi connectivity index (χ0n) is 16.9. The number of nitrogens with zero attached hydrogens (tertiary/aromatic N) is 5. The van der Waals surface area contributed by atoms with Crippen LogP contribution in [0.3, 0.4) is 0 Å². The lowest BCUT2D eigenvalue weighted by atomic mass is 10.1. The number of amides is 1. The highest BCUT2D eigenvalue weighted by Crippen LogP contribution is 2.15. The molecule has 1 aliphatic rings. The number of nitrogens with one attached hydrogen (secondary N) is 1. The number of aryl methyl sites for hydroxylation is 1. The van der Waals surface area contributed by atoms with Crippen LogP contribution in [0.15, 0.2) is 65.8 Å². The van der Waals surface area contributed by atoms with Crippen molar-refractivity contribution in [3.63, 3.8) is 0 Å². The van der Waals surface area contributed by atoms with Gasteiger partial charge in [0.1, 0.15) is 11.5 Å². The number of aromatic nitrogens is 5. The molecule has 31 heavy (non-hydrogen) atoms. The quantitative estimate of drug-likeness (QED) is 0.552. The van der Waals surface area contributed by atoms with Crippen LogP contribution in [-0.2, 0) is 19.5 Å². The number of benzene rings is 1. The molecule has 1 N–H and O–H groups in total. The highest BCUT2D eigenvalue weighted by Gasteiger charge is 2.23. The first kappa shape index (κ1) is 19.2. The van der Waals surface area contributed by atoms with Crippen LogP contribution in [0.5, 0.6) is 0 Å². The number of hydrogen-bond donors (Lipinski definition) is 1. The summed E-state index contributed by atoms with van der Waals surface area (Å²) in [5, 5.41) is 9.59. The molecule has 0 aliphatic carbocycles. The molecule has 1 aliphatic heterocycles. The van der Waals surface area contributed by atoms with Gasteiger partial charge < -0.3 is 5.32 Å². The van der Waals surface area contributed by atoms with Gasteiger partial charge in [0.05, 0.1) is 6.54 Å². The molecule has 156 valence electrons. The Morgan fingerprint density at radius 3 is 2.81 bits per heavy atom. The van der Waals surface area contributed by atoms with Crippen molar-refractivity contribution in [2.24, 2.45) is 0 Å². The van der Waals surface area contributed by atoms with Gasteiger partial charge in [0.25, 0.3) is 5.91 Å². The van der Waals surface area contributed by atoms with E-state index in [4.69, 9.17) is 0 Å². The lowest BCUT2D eigenvalue weighted by Crippen LogP contribution is -2.36. The fourth-order valence-electron chi connectivity index (χ4n) is 4.01. The minimum Gasteiger partial charge on any atom is -0.348 e. The van der Waals surface area contributed by atoms with Gasteiger partial charge in [0.15, 0.2) is 0 Å². The highest BCUT2D eigenvalue weighted by atomic mass is 16.2. The molecular weight excluding hydrogens is 392 g/mol. The van der Waals surface area contributed by atoms with Crippen LogP contribution in [0, 0.1) is 0 Å². The average molecular weight is 414 g/mol. The maximum Gasteiger partial charge on any atom is 0.346 e. The molecule has 1 atom stereocenters. The Kier molecular flexibility index (Phi) is 5.03. The van der Waals surface area contributed by atoms with Crippen molar-refractivity contribution in [3.05, 3.63) is 88.6 Å². The van der Waals surface area contributed by atoms with E-state index >= 15 is 0 Å². The summed E-state index contributed by atoms with van der Waals surface area (Å²) in [5.74, 6) is 0.568. The van der Waals surface area contributed by atoms with Gasteiger partial charge >= 0.3 is 5.69 Å². The topological polar surface area (TPSA) is 94.7 Å². The molecule has 1 unspecified atom stereocenters. The average Bonchev–Trinajstić information content (AvgIpc) is 2.96. The molecule has 1 aromatic carbocycles. The number of pyridine rings is 2. The molecule has 0 saturated heterocycles. The van der Waals surface area contributed by atoms with E-state index in [1.54, 1.807) is 23.2 Å². The largest absolute Gasteiger partial charge is 0.348 e. The molecule has 4 heterocycles. The van der Waals surface area contributed by atoms with E-state index in [0.717, 1.165) is 28.6 Å². The molecule has 0 spiro atoms. The van der Waals surface area contributed by atoms with Crippen molar-refractivity contribution in [3.8, 4) is 0 Å². The molecule has 4 aromatic rings. The first-order valence-corrected chi connectivity index (χ1v) is 10.4. The number of carbonyl (C=O) groups excluding carboxylic acids is 1. The fraction of sp³-hybridized carbons (Fsp3) is 0.261. The van der Waals surface area contributed by atoms with Crippen molar-refractivity contribution < 1.29 is 4.79 Å². The summed E-state index contributed by atoms with van der Waals surface area (Å²) in [5.41, 5.74) is 1.22. The molecule has 3 aromatic heterocycles. The lowest BCUT2D eigenvalue weighted by Gasteiger charge is -2.16. The van der Waals surface area contributed by atoms with Crippen LogP contribution in [0.1, 0.15) is 34.7 Å². The Morgan fingerprint density at radius 2 is 1.97 bits per heavy atom. The SMILES string of the molecule is O=C(NC1CCc2nn(Cc3cccnc3)c(=O)n2CC1)c1cc2ccccc2cn1. The van der Waals surface area contributed by atoms with E-state index < -0.39 is 0 Å². The Balaban J connectivity index is 1.27. The second-order valence-corrected chi connectivity index (χ2v) is 7.78. The maximum atomic E-state index is 12.8. The summed E-state index contributed by atoms with van der Waals surface area (Å²) in [6.07, 6.45) is 7.19. The zero-order chi connectivity index (χ0) is 21.2. The monoisotopic (exact) mass is 414 g/mol. The molecular formula is C23H22N6O2. The lowest BCUT2D eigenvalue weighted by molar-refractivity contribution is 0.0928. The molecule has 8 heteroatoms. The smallest absolute Gasteiger partial charge is 0.346 e. The first-order valence-electron chi connectivity index (χ1n) is 10.4. The standard InChI is InChI=1S/C23H22N6O2/c30-22(20-12-17-5-1-2-6-18(17)14-25-20)26-19-7-8-21-27-29(23(31)28(21)11-9-19)15-16-4-3-10-24-13-16/h1-6,10,12-14,19H,7-9,11,15H2,(H,26,30). The van der Waals surface area contributed by atoms with Gasteiger partial charge in [-0.1, -0.05) is 30.3 Å². The third-order valence-electron chi connectivity index (χ3n) is 5.67. The fourth-order valence-corrected chi connectivity index (χ4v) is 4.01. The van der Waals surface area contributed by atoms with Crippen LogP contribution >= 0.6 is 0 Å². The number of rotatable bonds is 4. The van der Waals surface area contributed by atoms with Crippen LogP contribution in [0.25, 0.3) is 10.8 Å².